The molecule has 0 aromatic carbocycles. The molecule has 1 unspecified atom stereocenters. The van der Waals surface area contributed by atoms with Gasteiger partial charge in [-0.25, -0.2) is 13.6 Å². The van der Waals surface area contributed by atoms with Crippen LogP contribution < -0.4 is 5.32 Å². The lowest BCUT2D eigenvalue weighted by Crippen LogP contribution is -2.54. The van der Waals surface area contributed by atoms with E-state index in [-0.39, 0.29) is 13.0 Å². The number of carbonyl (C=O) groups excluding carboxylic acids is 1. The van der Waals surface area contributed by atoms with Crippen LogP contribution in [0.5, 0.6) is 0 Å². The van der Waals surface area contributed by atoms with Crippen LogP contribution in [0.2, 0.25) is 0 Å². The molecular weight excluding hydrogens is 294 g/mol. The molecule has 6 nitrogen and oxygen atoms in total. The molecule has 0 spiro atoms. The molecule has 0 saturated carbocycles. The fourth-order valence-electron chi connectivity index (χ4n) is 2.39. The average molecular weight is 316 g/mol. The van der Waals surface area contributed by atoms with Crippen LogP contribution in [0.15, 0.2) is 12.4 Å². The Kier molecular flexibility index (Phi) is 4.30. The van der Waals surface area contributed by atoms with Gasteiger partial charge in [-0.15, -0.1) is 0 Å². The largest absolute Gasteiger partial charge is 0.444 e. The van der Waals surface area contributed by atoms with Gasteiger partial charge in [0.15, 0.2) is 0 Å². The smallest absolute Gasteiger partial charge is 0.410 e. The summed E-state index contributed by atoms with van der Waals surface area (Å²) >= 11 is 0. The summed E-state index contributed by atoms with van der Waals surface area (Å²) in [7, 11) is 1.74. The van der Waals surface area contributed by atoms with Crippen molar-refractivity contribution in [3.63, 3.8) is 0 Å². The van der Waals surface area contributed by atoms with Crippen LogP contribution in [-0.2, 0) is 11.8 Å². The summed E-state index contributed by atoms with van der Waals surface area (Å²) in [6.45, 7) is 4.67. The topological polar surface area (TPSA) is 59.4 Å². The van der Waals surface area contributed by atoms with Crippen molar-refractivity contribution < 1.29 is 18.3 Å². The Labute approximate surface area is 128 Å². The summed E-state index contributed by atoms with van der Waals surface area (Å²) in [6.07, 6.45) is 2.21. The zero-order valence-corrected chi connectivity index (χ0v) is 13.3. The number of likely N-dealkylation sites (tertiary alicyclic amines) is 1. The number of hydrogen-bond donors (Lipinski definition) is 1. The second kappa shape index (κ2) is 5.73. The Morgan fingerprint density at radius 1 is 1.50 bits per heavy atom. The number of alkyl halides is 2. The van der Waals surface area contributed by atoms with Crippen molar-refractivity contribution >= 4 is 11.8 Å². The predicted octanol–water partition coefficient (Wildman–Crippen LogP) is 2.48. The van der Waals surface area contributed by atoms with Crippen molar-refractivity contribution in [2.24, 2.45) is 7.05 Å². The molecule has 1 N–H and O–H groups in total. The molecule has 1 saturated heterocycles. The van der Waals surface area contributed by atoms with Crippen molar-refractivity contribution in [1.29, 1.82) is 0 Å². The minimum Gasteiger partial charge on any atom is -0.444 e. The van der Waals surface area contributed by atoms with Gasteiger partial charge in [-0.1, -0.05) is 0 Å². The minimum absolute atomic E-state index is 0.166. The van der Waals surface area contributed by atoms with E-state index in [1.165, 1.54) is 0 Å². The highest BCUT2D eigenvalue weighted by Crippen LogP contribution is 2.29. The summed E-state index contributed by atoms with van der Waals surface area (Å²) in [4.78, 5) is 13.1. The number of aryl methyl sites for hydroxylation is 1. The second-order valence-electron chi connectivity index (χ2n) is 6.66. The lowest BCUT2D eigenvalue weighted by molar-refractivity contribution is -0.0722. The summed E-state index contributed by atoms with van der Waals surface area (Å²) in [5.74, 6) is -2.95. The molecule has 1 aromatic rings. The number of anilines is 1. The number of rotatable bonds is 2. The van der Waals surface area contributed by atoms with E-state index in [1.54, 1.807) is 44.9 Å². The van der Waals surface area contributed by atoms with E-state index in [1.807, 2.05) is 0 Å². The summed E-state index contributed by atoms with van der Waals surface area (Å²) in [6, 6.07) is -0.555. The van der Waals surface area contributed by atoms with E-state index >= 15 is 0 Å². The van der Waals surface area contributed by atoms with Gasteiger partial charge in [-0.05, 0) is 20.8 Å². The number of nitrogens with zero attached hydrogens (tertiary/aromatic N) is 3. The number of amides is 1. The van der Waals surface area contributed by atoms with Gasteiger partial charge in [0.25, 0.3) is 5.92 Å². The first kappa shape index (κ1) is 16.5. The normalized spacial score (nSPS) is 21.5. The van der Waals surface area contributed by atoms with Crippen LogP contribution in [0, 0.1) is 0 Å². The number of aromatic nitrogens is 2. The first-order valence-electron chi connectivity index (χ1n) is 7.15. The van der Waals surface area contributed by atoms with E-state index < -0.39 is 30.2 Å². The molecule has 1 atom stereocenters. The maximum Gasteiger partial charge on any atom is 0.410 e. The van der Waals surface area contributed by atoms with Gasteiger partial charge in [0.2, 0.25) is 0 Å². The first-order chi connectivity index (χ1) is 10.0. The van der Waals surface area contributed by atoms with Gasteiger partial charge in [0.05, 0.1) is 18.4 Å². The maximum absolute atomic E-state index is 13.9. The molecule has 8 heteroatoms. The van der Waals surface area contributed by atoms with Crippen LogP contribution >= 0.6 is 0 Å². The molecular formula is C14H22F2N4O2. The fraction of sp³-hybridized carbons (Fsp3) is 0.714. The Hall–Kier alpha value is -1.86. The Morgan fingerprint density at radius 2 is 2.18 bits per heavy atom. The maximum atomic E-state index is 13.9. The van der Waals surface area contributed by atoms with Crippen molar-refractivity contribution in [1.82, 2.24) is 14.7 Å². The van der Waals surface area contributed by atoms with Crippen molar-refractivity contribution in [3.05, 3.63) is 12.4 Å². The SMILES string of the molecule is Cn1cc(NC2CN(C(=O)OC(C)(C)C)CC(F)(F)C2)cn1. The zero-order chi connectivity index (χ0) is 16.5. The molecule has 2 heterocycles. The van der Waals surface area contributed by atoms with Crippen LogP contribution in [-0.4, -0.2) is 51.4 Å². The van der Waals surface area contributed by atoms with Gasteiger partial charge in [0.1, 0.15) is 5.60 Å². The van der Waals surface area contributed by atoms with Crippen LogP contribution in [0.1, 0.15) is 27.2 Å². The molecule has 0 aliphatic carbocycles. The molecule has 1 aliphatic heterocycles. The fourth-order valence-corrected chi connectivity index (χ4v) is 2.39. The summed E-state index contributed by atoms with van der Waals surface area (Å²) < 4.78 is 34.6. The number of ether oxygens (including phenoxy) is 1. The number of nitrogens with one attached hydrogen (secondary N) is 1. The molecule has 2 rings (SSSR count). The van der Waals surface area contributed by atoms with Gasteiger partial charge in [0, 0.05) is 32.3 Å². The molecule has 0 bridgehead atoms. The first-order valence-corrected chi connectivity index (χ1v) is 7.15. The van der Waals surface area contributed by atoms with Gasteiger partial charge < -0.3 is 15.0 Å². The molecule has 0 radical (unpaired) electrons. The van der Waals surface area contributed by atoms with Crippen molar-refractivity contribution in [3.8, 4) is 0 Å². The van der Waals surface area contributed by atoms with E-state index in [0.29, 0.717) is 5.69 Å². The third-order valence-corrected chi connectivity index (χ3v) is 3.14. The van der Waals surface area contributed by atoms with Crippen LogP contribution in [0.25, 0.3) is 0 Å². The van der Waals surface area contributed by atoms with Crippen molar-refractivity contribution in [2.75, 3.05) is 18.4 Å². The third kappa shape index (κ3) is 4.57. The quantitative estimate of drug-likeness (QED) is 0.910. The zero-order valence-electron chi connectivity index (χ0n) is 13.3. The molecule has 1 aromatic heterocycles. The molecule has 1 fully saturated rings. The van der Waals surface area contributed by atoms with E-state index in [9.17, 15) is 13.6 Å². The van der Waals surface area contributed by atoms with E-state index in [0.717, 1.165) is 4.90 Å². The number of halogens is 2. The van der Waals surface area contributed by atoms with E-state index in [2.05, 4.69) is 10.4 Å². The summed E-state index contributed by atoms with van der Waals surface area (Å²) in [5, 5.41) is 6.97. The Morgan fingerprint density at radius 3 is 2.73 bits per heavy atom. The predicted molar refractivity (Wildman–Crippen MR) is 78.0 cm³/mol. The average Bonchev–Trinajstić information content (AvgIpc) is 2.70. The minimum atomic E-state index is -2.95. The molecule has 22 heavy (non-hydrogen) atoms. The molecule has 124 valence electrons. The van der Waals surface area contributed by atoms with Crippen LogP contribution in [0.3, 0.4) is 0 Å². The lowest BCUT2D eigenvalue weighted by Gasteiger charge is -2.38. The van der Waals surface area contributed by atoms with Crippen molar-refractivity contribution in [2.45, 2.75) is 44.8 Å². The highest BCUT2D eigenvalue weighted by molar-refractivity contribution is 5.68. The molecule has 1 amide bonds. The Balaban J connectivity index is 2.05. The summed E-state index contributed by atoms with van der Waals surface area (Å²) in [5.41, 5.74) is -0.0647. The van der Waals surface area contributed by atoms with E-state index in [4.69, 9.17) is 4.74 Å². The number of carbonyl (C=O) groups is 1. The number of hydrogen-bond acceptors (Lipinski definition) is 4. The highest BCUT2D eigenvalue weighted by Gasteiger charge is 2.43. The molecule has 1 aliphatic rings. The second-order valence-corrected chi connectivity index (χ2v) is 6.66. The highest BCUT2D eigenvalue weighted by atomic mass is 19.3. The monoisotopic (exact) mass is 316 g/mol. The van der Waals surface area contributed by atoms with Gasteiger partial charge in [-0.3, -0.25) is 4.68 Å². The number of piperidine rings is 1. The van der Waals surface area contributed by atoms with Gasteiger partial charge >= 0.3 is 6.09 Å². The lowest BCUT2D eigenvalue weighted by atomic mass is 10.0. The van der Waals surface area contributed by atoms with Crippen LogP contribution in [0.4, 0.5) is 19.3 Å². The van der Waals surface area contributed by atoms with Gasteiger partial charge in [-0.2, -0.15) is 5.10 Å². The third-order valence-electron chi connectivity index (χ3n) is 3.14. The standard InChI is InChI=1S/C14H22F2N4O2/c1-13(2,3)22-12(21)20-8-10(5-14(15,16)9-20)18-11-6-17-19(4)7-11/h6-7,10,18H,5,8-9H2,1-4H3. The Bertz CT molecular complexity index is 539.